The Labute approximate surface area is 315 Å². The average Bonchev–Trinajstić information content (AvgIpc) is 3.89. The Morgan fingerprint density at radius 1 is 0.382 bits per heavy atom. The van der Waals surface area contributed by atoms with E-state index in [0.717, 1.165) is 77.8 Å². The highest BCUT2D eigenvalue weighted by molar-refractivity contribution is 6.15. The zero-order valence-corrected chi connectivity index (χ0v) is 29.5. The highest BCUT2D eigenvalue weighted by Crippen LogP contribution is 2.41. The van der Waals surface area contributed by atoms with Gasteiger partial charge in [-0.2, -0.15) is 4.98 Å². The SMILES string of the molecule is c1ccc(-c2ccc3c(c2)oc2nc(-n4c5ccccc5c5cc6ccccc6cc54)c(-c4ccc5c6ccccc6n(-c6ccccc6)c5c4)nc23)cc1. The molecule has 12 rings (SSSR count). The summed E-state index contributed by atoms with van der Waals surface area (Å²) in [5.74, 6) is 0.720. The number of furan rings is 1. The number of rotatable bonds is 4. The number of benzene rings is 8. The van der Waals surface area contributed by atoms with E-state index in [9.17, 15) is 0 Å². The van der Waals surface area contributed by atoms with E-state index in [4.69, 9.17) is 14.4 Å². The van der Waals surface area contributed by atoms with E-state index in [1.54, 1.807) is 0 Å². The Balaban J connectivity index is 1.19. The predicted molar refractivity (Wildman–Crippen MR) is 226 cm³/mol. The molecule has 5 nitrogen and oxygen atoms in total. The van der Waals surface area contributed by atoms with Crippen LogP contribution in [0, 0.1) is 0 Å². The first-order valence-electron chi connectivity index (χ1n) is 18.6. The minimum absolute atomic E-state index is 0.505. The van der Waals surface area contributed by atoms with Crippen LogP contribution in [-0.4, -0.2) is 19.1 Å². The summed E-state index contributed by atoms with van der Waals surface area (Å²) >= 11 is 0. The molecule has 0 aliphatic carbocycles. The van der Waals surface area contributed by atoms with Crippen LogP contribution >= 0.6 is 0 Å². The van der Waals surface area contributed by atoms with Gasteiger partial charge in [0, 0.05) is 38.2 Å². The van der Waals surface area contributed by atoms with Crippen LogP contribution in [0.5, 0.6) is 0 Å². The van der Waals surface area contributed by atoms with Crippen LogP contribution in [0.25, 0.3) is 110 Å². The lowest BCUT2D eigenvalue weighted by Crippen LogP contribution is -2.03. The zero-order valence-electron chi connectivity index (χ0n) is 29.5. The Morgan fingerprint density at radius 3 is 1.78 bits per heavy atom. The smallest absolute Gasteiger partial charge is 0.248 e. The van der Waals surface area contributed by atoms with Gasteiger partial charge in [0.2, 0.25) is 5.71 Å². The summed E-state index contributed by atoms with van der Waals surface area (Å²) in [6.45, 7) is 0. The second kappa shape index (κ2) is 11.5. The molecule has 5 heteroatoms. The maximum atomic E-state index is 6.63. The first-order chi connectivity index (χ1) is 27.3. The molecule has 55 heavy (non-hydrogen) atoms. The van der Waals surface area contributed by atoms with Crippen LogP contribution in [0.4, 0.5) is 0 Å². The highest BCUT2D eigenvalue weighted by Gasteiger charge is 2.23. The lowest BCUT2D eigenvalue weighted by atomic mass is 10.0. The van der Waals surface area contributed by atoms with Crippen LogP contribution in [-0.2, 0) is 0 Å². The van der Waals surface area contributed by atoms with Crippen molar-refractivity contribution in [3.05, 3.63) is 182 Å². The van der Waals surface area contributed by atoms with E-state index in [2.05, 4.69) is 185 Å². The van der Waals surface area contributed by atoms with Gasteiger partial charge in [-0.25, -0.2) is 4.98 Å². The third-order valence-corrected chi connectivity index (χ3v) is 11.1. The molecule has 0 radical (unpaired) electrons. The molecule has 4 heterocycles. The van der Waals surface area contributed by atoms with E-state index in [1.807, 2.05) is 6.07 Å². The third kappa shape index (κ3) is 4.47. The molecule has 4 aromatic heterocycles. The van der Waals surface area contributed by atoms with Crippen molar-refractivity contribution in [1.82, 2.24) is 19.1 Å². The molecule has 0 unspecified atom stereocenters. The van der Waals surface area contributed by atoms with Crippen molar-refractivity contribution in [3.63, 3.8) is 0 Å². The third-order valence-electron chi connectivity index (χ3n) is 11.1. The maximum absolute atomic E-state index is 6.63. The van der Waals surface area contributed by atoms with E-state index in [1.165, 1.54) is 26.9 Å². The average molecular weight is 703 g/mol. The molecule has 0 fully saturated rings. The van der Waals surface area contributed by atoms with Crippen molar-refractivity contribution in [1.29, 1.82) is 0 Å². The molecule has 0 N–H and O–H groups in total. The molecular formula is C50H30N4O. The number of aromatic nitrogens is 4. The first-order valence-corrected chi connectivity index (χ1v) is 18.6. The summed E-state index contributed by atoms with van der Waals surface area (Å²) in [6.07, 6.45) is 0. The molecular weight excluding hydrogens is 673 g/mol. The Kier molecular flexibility index (Phi) is 6.27. The van der Waals surface area contributed by atoms with Crippen molar-refractivity contribution in [2.24, 2.45) is 0 Å². The van der Waals surface area contributed by atoms with Gasteiger partial charge in [-0.3, -0.25) is 4.57 Å². The van der Waals surface area contributed by atoms with Crippen LogP contribution in [0.15, 0.2) is 186 Å². The largest absolute Gasteiger partial charge is 0.436 e. The number of nitrogens with zero attached hydrogens (tertiary/aromatic N) is 4. The number of para-hydroxylation sites is 3. The molecule has 0 aliphatic heterocycles. The van der Waals surface area contributed by atoms with Crippen LogP contribution in [0.3, 0.4) is 0 Å². The molecule has 8 aromatic carbocycles. The highest BCUT2D eigenvalue weighted by atomic mass is 16.3. The van der Waals surface area contributed by atoms with Crippen molar-refractivity contribution in [2.75, 3.05) is 0 Å². The molecule has 0 bridgehead atoms. The molecule has 0 saturated heterocycles. The van der Waals surface area contributed by atoms with Crippen molar-refractivity contribution in [3.8, 4) is 33.9 Å². The molecule has 0 saturated carbocycles. The maximum Gasteiger partial charge on any atom is 0.248 e. The van der Waals surface area contributed by atoms with Gasteiger partial charge >= 0.3 is 0 Å². The first kappa shape index (κ1) is 30.0. The molecule has 0 atom stereocenters. The van der Waals surface area contributed by atoms with Crippen molar-refractivity contribution >= 4 is 76.6 Å². The molecule has 12 aromatic rings. The van der Waals surface area contributed by atoms with Gasteiger partial charge in [-0.1, -0.05) is 127 Å². The van der Waals surface area contributed by atoms with E-state index < -0.39 is 0 Å². The zero-order chi connectivity index (χ0) is 36.0. The van der Waals surface area contributed by atoms with Gasteiger partial charge in [0.15, 0.2) is 5.82 Å². The van der Waals surface area contributed by atoms with Gasteiger partial charge in [0.1, 0.15) is 16.8 Å². The molecule has 0 spiro atoms. The topological polar surface area (TPSA) is 48.8 Å². The van der Waals surface area contributed by atoms with Crippen molar-refractivity contribution < 1.29 is 4.42 Å². The van der Waals surface area contributed by atoms with Gasteiger partial charge in [-0.15, -0.1) is 0 Å². The van der Waals surface area contributed by atoms with Crippen LogP contribution in [0.1, 0.15) is 0 Å². The van der Waals surface area contributed by atoms with Gasteiger partial charge < -0.3 is 8.98 Å². The van der Waals surface area contributed by atoms with Crippen molar-refractivity contribution in [2.45, 2.75) is 0 Å². The summed E-state index contributed by atoms with van der Waals surface area (Å²) in [4.78, 5) is 11.0. The summed E-state index contributed by atoms with van der Waals surface area (Å²) in [5.41, 5.74) is 11.5. The van der Waals surface area contributed by atoms with E-state index in [0.29, 0.717) is 5.71 Å². The number of hydrogen-bond acceptors (Lipinski definition) is 3. The fourth-order valence-electron chi connectivity index (χ4n) is 8.58. The predicted octanol–water partition coefficient (Wildman–Crippen LogP) is 13.1. The second-order valence-corrected chi connectivity index (χ2v) is 14.2. The van der Waals surface area contributed by atoms with E-state index in [-0.39, 0.29) is 0 Å². The fourth-order valence-corrected chi connectivity index (χ4v) is 8.58. The molecule has 0 amide bonds. The summed E-state index contributed by atoms with van der Waals surface area (Å²) in [6, 6.07) is 64.4. The van der Waals surface area contributed by atoms with E-state index >= 15 is 0 Å². The Hall–Kier alpha value is -7.50. The summed E-state index contributed by atoms with van der Waals surface area (Å²) in [5, 5.41) is 8.02. The number of fused-ring (bicyclic) bond motifs is 10. The minimum Gasteiger partial charge on any atom is -0.436 e. The quantitative estimate of drug-likeness (QED) is 0.183. The molecule has 256 valence electrons. The Morgan fingerprint density at radius 2 is 0.982 bits per heavy atom. The summed E-state index contributed by atoms with van der Waals surface area (Å²) < 4.78 is 11.3. The normalized spacial score (nSPS) is 12.0. The minimum atomic E-state index is 0.505. The van der Waals surface area contributed by atoms with Crippen LogP contribution in [0.2, 0.25) is 0 Å². The van der Waals surface area contributed by atoms with Gasteiger partial charge in [0.05, 0.1) is 22.1 Å². The van der Waals surface area contributed by atoms with Gasteiger partial charge in [0.25, 0.3) is 0 Å². The lowest BCUT2D eigenvalue weighted by Gasteiger charge is -2.13. The lowest BCUT2D eigenvalue weighted by molar-refractivity contribution is 0.652. The second-order valence-electron chi connectivity index (χ2n) is 14.2. The standard InChI is InChI=1S/C50H30N4O/c1-3-13-31(14-4-1)34-23-26-40-46(30-34)55-50-48(40)51-47(35-24-25-39-37-19-9-11-21-42(37)53(44(39)29-35)36-17-5-2-6-18-36)49(52-50)54-43-22-12-10-20-38(43)41-27-32-15-7-8-16-33(32)28-45(41)54/h1-30H. The van der Waals surface area contributed by atoms with Crippen LogP contribution < -0.4 is 0 Å². The Bertz CT molecular complexity index is 3480. The fraction of sp³-hybridized carbons (Fsp3) is 0. The monoisotopic (exact) mass is 702 g/mol. The van der Waals surface area contributed by atoms with Gasteiger partial charge in [-0.05, 0) is 76.5 Å². The summed E-state index contributed by atoms with van der Waals surface area (Å²) in [7, 11) is 0. The number of hydrogen-bond donors (Lipinski definition) is 0. The molecule has 0 aliphatic rings.